The third kappa shape index (κ3) is 5.90. The summed E-state index contributed by atoms with van der Waals surface area (Å²) in [4.78, 5) is 45.8. The van der Waals surface area contributed by atoms with Gasteiger partial charge in [-0.05, 0) is 73.5 Å². The van der Waals surface area contributed by atoms with Crippen LogP contribution >= 0.6 is 0 Å². The van der Waals surface area contributed by atoms with E-state index in [9.17, 15) is 18.8 Å². The summed E-state index contributed by atoms with van der Waals surface area (Å²) in [5.41, 5.74) is 1.75. The summed E-state index contributed by atoms with van der Waals surface area (Å²) in [6.45, 7) is 2.30. The van der Waals surface area contributed by atoms with E-state index >= 15 is 0 Å². The number of oxazole rings is 1. The number of hydrogen-bond acceptors (Lipinski definition) is 6. The van der Waals surface area contributed by atoms with Crippen LogP contribution in [-0.2, 0) is 20.7 Å². The zero-order valence-electron chi connectivity index (χ0n) is 23.2. The number of methoxy groups -OCH3 is 1. The lowest BCUT2D eigenvalue weighted by molar-refractivity contribution is -0.143. The van der Waals surface area contributed by atoms with Crippen LogP contribution in [0.1, 0.15) is 87.4 Å². The fourth-order valence-electron chi connectivity index (χ4n) is 7.39. The van der Waals surface area contributed by atoms with Crippen molar-refractivity contribution in [2.45, 2.75) is 83.6 Å². The van der Waals surface area contributed by atoms with E-state index in [4.69, 9.17) is 9.15 Å². The molecular weight excluding hydrogens is 499 g/mol. The molecule has 3 fully saturated rings. The third-order valence-corrected chi connectivity index (χ3v) is 9.67. The van der Waals surface area contributed by atoms with Gasteiger partial charge in [-0.1, -0.05) is 45.1 Å². The number of ketones is 1. The summed E-state index contributed by atoms with van der Waals surface area (Å²) in [6.07, 6.45) is 10.3. The normalized spacial score (nSPS) is 27.0. The maximum absolute atomic E-state index is 14.0. The Morgan fingerprint density at radius 2 is 1.82 bits per heavy atom. The molecule has 7 nitrogen and oxygen atoms in total. The summed E-state index contributed by atoms with van der Waals surface area (Å²) in [7, 11) is 1.27. The van der Waals surface area contributed by atoms with E-state index in [1.807, 2.05) is 17.9 Å². The van der Waals surface area contributed by atoms with Crippen molar-refractivity contribution in [2.24, 2.45) is 29.6 Å². The topological polar surface area (TPSA) is 89.7 Å². The molecule has 2 aromatic rings. The summed E-state index contributed by atoms with van der Waals surface area (Å²) in [5.74, 6) is 0.430. The number of ether oxygens (including phenoxy) is 1. The number of benzene rings is 1. The minimum absolute atomic E-state index is 0.0450. The van der Waals surface area contributed by atoms with E-state index in [-0.39, 0.29) is 48.4 Å². The largest absolute Gasteiger partial charge is 0.462 e. The molecule has 0 unspecified atom stereocenters. The summed E-state index contributed by atoms with van der Waals surface area (Å²) in [6, 6.07) is 4.94. The molecule has 8 heteroatoms. The van der Waals surface area contributed by atoms with E-state index in [0.717, 1.165) is 50.5 Å². The molecule has 1 amide bonds. The van der Waals surface area contributed by atoms with E-state index in [1.165, 1.54) is 26.4 Å². The molecule has 1 aliphatic heterocycles. The van der Waals surface area contributed by atoms with E-state index in [0.29, 0.717) is 29.5 Å². The number of aromatic nitrogens is 1. The van der Waals surface area contributed by atoms with Gasteiger partial charge in [-0.2, -0.15) is 0 Å². The van der Waals surface area contributed by atoms with Gasteiger partial charge in [-0.15, -0.1) is 0 Å². The summed E-state index contributed by atoms with van der Waals surface area (Å²) in [5, 5.41) is 0. The molecule has 0 N–H and O–H groups in total. The molecule has 1 aromatic heterocycles. The third-order valence-electron chi connectivity index (χ3n) is 9.67. The second-order valence-electron chi connectivity index (χ2n) is 12.0. The molecule has 3 atom stereocenters. The maximum Gasteiger partial charge on any atom is 0.394 e. The zero-order valence-corrected chi connectivity index (χ0v) is 23.2. The summed E-state index contributed by atoms with van der Waals surface area (Å²) < 4.78 is 23.4. The van der Waals surface area contributed by atoms with Crippen molar-refractivity contribution in [3.05, 3.63) is 29.7 Å². The number of alkyl halides is 1. The second kappa shape index (κ2) is 12.2. The summed E-state index contributed by atoms with van der Waals surface area (Å²) >= 11 is 0. The van der Waals surface area contributed by atoms with Gasteiger partial charge in [-0.3, -0.25) is 14.0 Å². The lowest BCUT2D eigenvalue weighted by Gasteiger charge is -2.37. The Hall–Kier alpha value is -2.77. The van der Waals surface area contributed by atoms with Crippen LogP contribution in [0.3, 0.4) is 0 Å². The van der Waals surface area contributed by atoms with Crippen molar-refractivity contribution in [1.82, 2.24) is 9.88 Å². The van der Waals surface area contributed by atoms with Gasteiger partial charge in [0.2, 0.25) is 5.91 Å². The van der Waals surface area contributed by atoms with Crippen molar-refractivity contribution < 1.29 is 27.9 Å². The van der Waals surface area contributed by atoms with Crippen molar-refractivity contribution in [2.75, 3.05) is 20.3 Å². The number of likely N-dealkylation sites (tertiary alicyclic amines) is 1. The quantitative estimate of drug-likeness (QED) is 0.385. The Morgan fingerprint density at radius 1 is 1.08 bits per heavy atom. The number of Topliss-reactive ketones (excluding diaryl/α,β-unsaturated/α-hetero) is 1. The van der Waals surface area contributed by atoms with Crippen LogP contribution in [-0.4, -0.2) is 53.9 Å². The van der Waals surface area contributed by atoms with Crippen LogP contribution in [0.2, 0.25) is 0 Å². The molecule has 0 spiro atoms. The Kier molecular flexibility index (Phi) is 8.67. The Morgan fingerprint density at radius 3 is 2.51 bits per heavy atom. The number of nitrogens with zero attached hydrogens (tertiary/aromatic N) is 2. The molecule has 0 bridgehead atoms. The van der Waals surface area contributed by atoms with Gasteiger partial charge >= 0.3 is 11.9 Å². The standard InChI is InChI=1S/C31H41FN2O5/c1-19(18-32)21-9-11-23(12-10-21)30(36)34-15-14-24(22-6-4-3-5-7-22)28(34)26(35)17-20-8-13-27-25(16-20)33-29(39-27)31(37)38-2/h8,13,16,19,21-24,28H,3-7,9-12,14-15,17-18H2,1-2H3/t19-,21?,23?,24+,28+/m1/s1. The highest BCUT2D eigenvalue weighted by Crippen LogP contribution is 2.42. The molecule has 1 saturated heterocycles. The first-order valence-corrected chi connectivity index (χ1v) is 14.8. The molecule has 212 valence electrons. The molecule has 1 aromatic carbocycles. The second-order valence-corrected chi connectivity index (χ2v) is 12.0. The van der Waals surface area contributed by atoms with Gasteiger partial charge in [0, 0.05) is 18.9 Å². The van der Waals surface area contributed by atoms with Crippen LogP contribution in [0.5, 0.6) is 0 Å². The molecule has 2 saturated carbocycles. The molecule has 39 heavy (non-hydrogen) atoms. The minimum Gasteiger partial charge on any atom is -0.462 e. The van der Waals surface area contributed by atoms with E-state index in [2.05, 4.69) is 4.98 Å². The van der Waals surface area contributed by atoms with Crippen LogP contribution in [0, 0.1) is 29.6 Å². The Labute approximate surface area is 229 Å². The molecular formula is C31H41FN2O5. The number of amides is 1. The first kappa shape index (κ1) is 27.8. The number of rotatable bonds is 8. The average Bonchev–Trinajstić information content (AvgIpc) is 3.61. The predicted molar refractivity (Wildman–Crippen MR) is 145 cm³/mol. The Balaban J connectivity index is 1.34. The van der Waals surface area contributed by atoms with Gasteiger partial charge < -0.3 is 14.1 Å². The first-order valence-electron chi connectivity index (χ1n) is 14.8. The number of carbonyl (C=O) groups excluding carboxylic acids is 3. The first-order chi connectivity index (χ1) is 18.9. The van der Waals surface area contributed by atoms with Crippen LogP contribution in [0.15, 0.2) is 22.6 Å². The van der Waals surface area contributed by atoms with Gasteiger partial charge in [0.25, 0.3) is 0 Å². The average molecular weight is 541 g/mol. The highest BCUT2D eigenvalue weighted by atomic mass is 19.1. The van der Waals surface area contributed by atoms with Gasteiger partial charge in [0.05, 0.1) is 19.8 Å². The van der Waals surface area contributed by atoms with Gasteiger partial charge in [-0.25, -0.2) is 9.78 Å². The highest BCUT2D eigenvalue weighted by molar-refractivity contribution is 5.93. The molecule has 0 radical (unpaired) electrons. The van der Waals surface area contributed by atoms with Crippen molar-refractivity contribution in [1.29, 1.82) is 0 Å². The number of carbonyl (C=O) groups is 3. The van der Waals surface area contributed by atoms with Gasteiger partial charge in [0.15, 0.2) is 11.4 Å². The lowest BCUT2D eigenvalue weighted by Crippen LogP contribution is -2.48. The molecule has 5 rings (SSSR count). The van der Waals surface area contributed by atoms with Crippen LogP contribution in [0.25, 0.3) is 11.1 Å². The number of hydrogen-bond donors (Lipinski definition) is 0. The Bertz CT molecular complexity index is 1180. The maximum atomic E-state index is 14.0. The smallest absolute Gasteiger partial charge is 0.394 e. The van der Waals surface area contributed by atoms with E-state index in [1.54, 1.807) is 12.1 Å². The van der Waals surface area contributed by atoms with Gasteiger partial charge in [0.1, 0.15) is 5.52 Å². The minimum atomic E-state index is -0.646. The monoisotopic (exact) mass is 540 g/mol. The molecule has 3 aliphatic rings. The van der Waals surface area contributed by atoms with Crippen LogP contribution in [0.4, 0.5) is 4.39 Å². The fourth-order valence-corrected chi connectivity index (χ4v) is 7.39. The molecule has 2 aliphatic carbocycles. The number of esters is 1. The number of halogens is 1. The molecule has 2 heterocycles. The van der Waals surface area contributed by atoms with E-state index < -0.39 is 12.0 Å². The SMILES string of the molecule is COC(=O)c1nc2cc(CC(=O)[C@@H]3[C@H](C4CCCCC4)CCN3C(=O)C3CCC([C@H](C)CF)CC3)ccc2o1. The number of fused-ring (bicyclic) bond motifs is 1. The zero-order chi connectivity index (χ0) is 27.5. The fraction of sp³-hybridized carbons (Fsp3) is 0.677. The lowest BCUT2D eigenvalue weighted by atomic mass is 9.74. The highest BCUT2D eigenvalue weighted by Gasteiger charge is 2.46. The van der Waals surface area contributed by atoms with Crippen LogP contribution < -0.4 is 0 Å². The predicted octanol–water partition coefficient (Wildman–Crippen LogP) is 5.94. The van der Waals surface area contributed by atoms with Crippen molar-refractivity contribution in [3.8, 4) is 0 Å². The van der Waals surface area contributed by atoms with Crippen molar-refractivity contribution >= 4 is 28.8 Å². The van der Waals surface area contributed by atoms with Crippen molar-refractivity contribution in [3.63, 3.8) is 0 Å².